The van der Waals surface area contributed by atoms with Gasteiger partial charge in [0, 0.05) is 24.1 Å². The molecule has 29 heavy (non-hydrogen) atoms. The van der Waals surface area contributed by atoms with Crippen LogP contribution in [0.3, 0.4) is 0 Å². The van der Waals surface area contributed by atoms with E-state index in [0.717, 1.165) is 33.8 Å². The average molecular weight is 414 g/mol. The predicted molar refractivity (Wildman–Crippen MR) is 114 cm³/mol. The maximum absolute atomic E-state index is 12.9. The molecule has 1 aromatic carbocycles. The highest BCUT2D eigenvalue weighted by atomic mass is 32.2. The van der Waals surface area contributed by atoms with Crippen LogP contribution in [0.5, 0.6) is 0 Å². The van der Waals surface area contributed by atoms with Crippen LogP contribution in [-0.4, -0.2) is 50.0 Å². The van der Waals surface area contributed by atoms with Crippen molar-refractivity contribution in [1.29, 1.82) is 0 Å². The van der Waals surface area contributed by atoms with Crippen LogP contribution < -0.4 is 0 Å². The van der Waals surface area contributed by atoms with Gasteiger partial charge in [0.2, 0.25) is 5.16 Å². The largest absolute Gasteiger partial charge is 0.383 e. The first-order valence-corrected chi connectivity index (χ1v) is 10.5. The quantitative estimate of drug-likeness (QED) is 0.412. The number of ether oxygens (including phenoxy) is 1. The molecule has 2 aromatic heterocycles. The summed E-state index contributed by atoms with van der Waals surface area (Å²) >= 11 is 1.35. The van der Waals surface area contributed by atoms with E-state index in [0.29, 0.717) is 11.8 Å². The molecular weight excluding hydrogens is 386 g/mol. The molecule has 1 atom stereocenters. The van der Waals surface area contributed by atoms with Crippen LogP contribution in [0.1, 0.15) is 45.8 Å². The van der Waals surface area contributed by atoms with Gasteiger partial charge in [-0.2, -0.15) is 4.68 Å². The zero-order chi connectivity index (χ0) is 21.1. The molecular formula is C21H27N5O2S. The Hall–Kier alpha value is -2.45. The molecule has 0 bridgehead atoms. The number of nitrogens with zero attached hydrogens (tertiary/aromatic N) is 5. The van der Waals surface area contributed by atoms with Crippen LogP contribution in [0.25, 0.3) is 5.69 Å². The van der Waals surface area contributed by atoms with Crippen molar-refractivity contribution in [3.8, 4) is 5.69 Å². The number of hydrogen-bond donors (Lipinski definition) is 0. The van der Waals surface area contributed by atoms with E-state index in [2.05, 4.69) is 33.1 Å². The number of aromatic nitrogens is 5. The van der Waals surface area contributed by atoms with Crippen molar-refractivity contribution in [2.45, 2.75) is 45.8 Å². The standard InChI is InChI=1S/C21H27N5O2S/c1-13-7-8-14(2)19(9-13)26-21(22-23-24-26)29-12-20(27)18-10-15(3)25(17(18)5)16(4)11-28-6/h7-10,16H,11-12H2,1-6H3/t16-/m1/s1. The number of thioether (sulfide) groups is 1. The molecule has 0 fully saturated rings. The van der Waals surface area contributed by atoms with E-state index in [1.807, 2.05) is 45.9 Å². The molecule has 0 saturated heterocycles. The predicted octanol–water partition coefficient (Wildman–Crippen LogP) is 3.88. The number of hydrogen-bond acceptors (Lipinski definition) is 6. The van der Waals surface area contributed by atoms with Crippen LogP contribution >= 0.6 is 11.8 Å². The smallest absolute Gasteiger partial charge is 0.214 e. The summed E-state index contributed by atoms with van der Waals surface area (Å²) < 4.78 is 9.13. The van der Waals surface area contributed by atoms with Gasteiger partial charge in [0.25, 0.3) is 0 Å². The number of carbonyl (C=O) groups is 1. The highest BCUT2D eigenvalue weighted by Gasteiger charge is 2.20. The maximum atomic E-state index is 12.9. The van der Waals surface area contributed by atoms with Crippen LogP contribution in [0.2, 0.25) is 0 Å². The second kappa shape index (κ2) is 8.92. The first kappa shape index (κ1) is 21.3. The van der Waals surface area contributed by atoms with E-state index >= 15 is 0 Å². The summed E-state index contributed by atoms with van der Waals surface area (Å²) in [7, 11) is 1.69. The Bertz CT molecular complexity index is 1020. The van der Waals surface area contributed by atoms with Crippen LogP contribution in [0.15, 0.2) is 29.4 Å². The maximum Gasteiger partial charge on any atom is 0.214 e. The lowest BCUT2D eigenvalue weighted by Crippen LogP contribution is -2.15. The van der Waals surface area contributed by atoms with Gasteiger partial charge >= 0.3 is 0 Å². The average Bonchev–Trinajstić information content (AvgIpc) is 3.26. The van der Waals surface area contributed by atoms with Crippen LogP contribution in [0.4, 0.5) is 0 Å². The van der Waals surface area contributed by atoms with Crippen molar-refractivity contribution in [3.05, 3.63) is 52.3 Å². The van der Waals surface area contributed by atoms with E-state index in [-0.39, 0.29) is 17.6 Å². The van der Waals surface area contributed by atoms with Crippen molar-refractivity contribution in [3.63, 3.8) is 0 Å². The number of ketones is 1. The Morgan fingerprint density at radius 3 is 2.69 bits per heavy atom. The van der Waals surface area contributed by atoms with Gasteiger partial charge in [0.1, 0.15) is 0 Å². The monoisotopic (exact) mass is 413 g/mol. The molecule has 0 aliphatic rings. The summed E-state index contributed by atoms with van der Waals surface area (Å²) in [5.41, 5.74) is 5.89. The molecule has 0 unspecified atom stereocenters. The molecule has 0 radical (unpaired) electrons. The Morgan fingerprint density at radius 2 is 1.97 bits per heavy atom. The molecule has 3 rings (SSSR count). The van der Waals surface area contributed by atoms with Gasteiger partial charge in [-0.15, -0.1) is 5.10 Å². The Balaban J connectivity index is 1.79. The fraction of sp³-hybridized carbons (Fsp3) is 0.429. The second-order valence-electron chi connectivity index (χ2n) is 7.33. The van der Waals surface area contributed by atoms with E-state index in [9.17, 15) is 4.79 Å². The van der Waals surface area contributed by atoms with Crippen molar-refractivity contribution < 1.29 is 9.53 Å². The molecule has 0 aliphatic heterocycles. The van der Waals surface area contributed by atoms with Gasteiger partial charge in [-0.1, -0.05) is 23.9 Å². The number of tetrazole rings is 1. The third-order valence-corrected chi connectivity index (χ3v) is 5.92. The van der Waals surface area contributed by atoms with E-state index < -0.39 is 0 Å². The third-order valence-electron chi connectivity index (χ3n) is 5.00. The van der Waals surface area contributed by atoms with E-state index in [4.69, 9.17) is 4.74 Å². The number of aryl methyl sites for hydroxylation is 3. The minimum absolute atomic E-state index is 0.0643. The summed E-state index contributed by atoms with van der Waals surface area (Å²) in [6.07, 6.45) is 0. The summed E-state index contributed by atoms with van der Waals surface area (Å²) in [6.45, 7) is 10.7. The minimum Gasteiger partial charge on any atom is -0.383 e. The Labute approximate surface area is 175 Å². The minimum atomic E-state index is 0.0643. The molecule has 0 spiro atoms. The molecule has 0 amide bonds. The van der Waals surface area contributed by atoms with Gasteiger partial charge in [0.05, 0.1) is 24.1 Å². The van der Waals surface area contributed by atoms with Gasteiger partial charge in [-0.3, -0.25) is 4.79 Å². The van der Waals surface area contributed by atoms with Crippen molar-refractivity contribution in [2.75, 3.05) is 19.5 Å². The Morgan fingerprint density at radius 1 is 1.21 bits per heavy atom. The third kappa shape index (κ3) is 4.43. The van der Waals surface area contributed by atoms with Crippen molar-refractivity contribution in [1.82, 2.24) is 24.8 Å². The second-order valence-corrected chi connectivity index (χ2v) is 8.28. The first-order valence-electron chi connectivity index (χ1n) is 9.52. The number of rotatable bonds is 8. The summed E-state index contributed by atoms with van der Waals surface area (Å²) in [4.78, 5) is 12.9. The number of Topliss-reactive ketones (excluding diaryl/α,β-unsaturated/α-hetero) is 1. The zero-order valence-corrected chi connectivity index (χ0v) is 18.6. The normalized spacial score (nSPS) is 12.3. The van der Waals surface area contributed by atoms with Crippen molar-refractivity contribution >= 4 is 17.5 Å². The number of benzene rings is 1. The summed E-state index contributed by atoms with van der Waals surface area (Å²) in [5.74, 6) is 0.336. The first-order chi connectivity index (χ1) is 13.8. The lowest BCUT2D eigenvalue weighted by atomic mass is 10.1. The zero-order valence-electron chi connectivity index (χ0n) is 17.8. The highest BCUT2D eigenvalue weighted by molar-refractivity contribution is 7.99. The number of methoxy groups -OCH3 is 1. The molecule has 3 aromatic rings. The summed E-state index contributed by atoms with van der Waals surface area (Å²) in [6, 6.07) is 8.27. The van der Waals surface area contributed by atoms with Crippen LogP contribution in [-0.2, 0) is 4.74 Å². The Kier molecular flexibility index (Phi) is 6.54. The van der Waals surface area contributed by atoms with E-state index in [1.165, 1.54) is 11.8 Å². The fourth-order valence-corrected chi connectivity index (χ4v) is 4.40. The topological polar surface area (TPSA) is 74.8 Å². The summed E-state index contributed by atoms with van der Waals surface area (Å²) in [5, 5.41) is 12.7. The molecule has 8 heteroatoms. The molecule has 7 nitrogen and oxygen atoms in total. The molecule has 154 valence electrons. The van der Waals surface area contributed by atoms with Gasteiger partial charge in [0.15, 0.2) is 5.78 Å². The lowest BCUT2D eigenvalue weighted by molar-refractivity contribution is 0.102. The SMILES string of the molecule is COC[C@@H](C)n1c(C)cc(C(=O)CSc2nnnn2-c2cc(C)ccc2C)c1C. The molecule has 0 N–H and O–H groups in total. The number of carbonyl (C=O) groups excluding carboxylic acids is 1. The van der Waals surface area contributed by atoms with Gasteiger partial charge in [-0.25, -0.2) is 0 Å². The van der Waals surface area contributed by atoms with Gasteiger partial charge in [-0.05, 0) is 68.3 Å². The van der Waals surface area contributed by atoms with E-state index in [1.54, 1.807) is 11.8 Å². The van der Waals surface area contributed by atoms with Crippen LogP contribution in [0, 0.1) is 27.7 Å². The van der Waals surface area contributed by atoms with Crippen molar-refractivity contribution in [2.24, 2.45) is 0 Å². The lowest BCUT2D eigenvalue weighted by Gasteiger charge is -2.17. The fourth-order valence-electron chi connectivity index (χ4n) is 3.63. The molecule has 2 heterocycles. The van der Waals surface area contributed by atoms with Gasteiger partial charge < -0.3 is 9.30 Å². The molecule has 0 saturated carbocycles. The highest BCUT2D eigenvalue weighted by Crippen LogP contribution is 2.25. The molecule has 0 aliphatic carbocycles.